The second-order valence-electron chi connectivity index (χ2n) is 21.8. The number of phosphoric ester groups is 1. The second kappa shape index (κ2) is 56.0. The van der Waals surface area contributed by atoms with E-state index >= 15 is 0 Å². The van der Waals surface area contributed by atoms with Crippen molar-refractivity contribution in [1.29, 1.82) is 0 Å². The number of rotatable bonds is 55. The molecule has 3 unspecified atom stereocenters. The molecule has 0 saturated heterocycles. The summed E-state index contributed by atoms with van der Waals surface area (Å²) in [5.41, 5.74) is 0. The van der Waals surface area contributed by atoms with Gasteiger partial charge in [-0.2, -0.15) is 0 Å². The summed E-state index contributed by atoms with van der Waals surface area (Å²) in [6.45, 7) is 6.65. The van der Waals surface area contributed by atoms with E-state index in [2.05, 4.69) is 123 Å². The molecule has 1 amide bonds. The van der Waals surface area contributed by atoms with E-state index in [1.165, 1.54) is 96.3 Å². The Morgan fingerprint density at radius 2 is 0.831 bits per heavy atom. The number of unbranched alkanes of at least 4 members (excludes halogenated alkanes) is 23. The number of carbonyl (C=O) groups is 2. The van der Waals surface area contributed by atoms with Crippen LogP contribution in [0.4, 0.5) is 0 Å². The Morgan fingerprint density at radius 1 is 0.468 bits per heavy atom. The molecule has 442 valence electrons. The molecule has 0 aromatic rings. The molecule has 0 aliphatic heterocycles. The number of quaternary nitrogens is 1. The zero-order valence-electron chi connectivity index (χ0n) is 50.4. The summed E-state index contributed by atoms with van der Waals surface area (Å²) in [5, 5.41) is 3.00. The molecule has 1 N–H and O–H groups in total. The topological polar surface area (TPSA) is 114 Å². The minimum absolute atomic E-state index is 0.0359. The molecule has 0 bridgehead atoms. The summed E-state index contributed by atoms with van der Waals surface area (Å²) < 4.78 is 30.3. The molecule has 0 aliphatic carbocycles. The van der Waals surface area contributed by atoms with Crippen molar-refractivity contribution >= 4 is 19.7 Å². The molecular formula is C67H117N2O7P. The summed E-state index contributed by atoms with van der Waals surface area (Å²) in [5.74, 6) is -0.593. The standard InChI is InChI=1S/C67H117N2O7P/c1-7-10-13-16-19-22-25-27-29-31-33-34-36-38-40-42-45-48-51-54-57-60-67(71)76-65(58-55-52-49-46-43-24-21-18-15-12-9-3)64(63-75-77(72,73)74-62-61-69(4,5)6)68-66(70)59-56-53-50-47-44-41-39-37-35-32-30-28-26-23-20-17-14-11-8-2/h11,14,19-20,22-23,27-30,33-35,37,41,44,55,58,64-65H,7-10,12-13,15-18,21,24-26,31-32,36,38-40,42-43,45-54,56-57,59-63H2,1-6H3,(H-,68,70,72,73)/b14-11-,22-19-,23-20-,29-27-,30-28-,34-33-,37-35-,44-41-,58-55+. The van der Waals surface area contributed by atoms with Crippen LogP contribution in [-0.4, -0.2) is 69.4 Å². The third-order valence-corrected chi connectivity index (χ3v) is 14.2. The van der Waals surface area contributed by atoms with Gasteiger partial charge in [-0.1, -0.05) is 233 Å². The highest BCUT2D eigenvalue weighted by molar-refractivity contribution is 7.45. The van der Waals surface area contributed by atoms with Gasteiger partial charge in [-0.05, 0) is 115 Å². The fourth-order valence-electron chi connectivity index (χ4n) is 8.38. The number of esters is 1. The molecule has 0 aromatic heterocycles. The van der Waals surface area contributed by atoms with Crippen molar-refractivity contribution < 1.29 is 37.3 Å². The van der Waals surface area contributed by atoms with Crippen LogP contribution in [0.3, 0.4) is 0 Å². The van der Waals surface area contributed by atoms with E-state index in [9.17, 15) is 19.0 Å². The third-order valence-electron chi connectivity index (χ3n) is 13.2. The molecule has 0 radical (unpaired) electrons. The summed E-state index contributed by atoms with van der Waals surface area (Å²) in [7, 11) is 1.14. The van der Waals surface area contributed by atoms with Gasteiger partial charge in [0.25, 0.3) is 7.82 Å². The van der Waals surface area contributed by atoms with Crippen LogP contribution in [0.15, 0.2) is 109 Å². The van der Waals surface area contributed by atoms with Gasteiger partial charge in [-0.15, -0.1) is 0 Å². The van der Waals surface area contributed by atoms with Crippen LogP contribution in [0.25, 0.3) is 0 Å². The van der Waals surface area contributed by atoms with E-state index in [0.29, 0.717) is 23.9 Å². The minimum atomic E-state index is -4.72. The number of allylic oxidation sites excluding steroid dienone is 17. The molecule has 0 heterocycles. The maximum absolute atomic E-state index is 13.5. The van der Waals surface area contributed by atoms with Crippen LogP contribution < -0.4 is 10.2 Å². The van der Waals surface area contributed by atoms with Crippen LogP contribution in [-0.2, 0) is 27.9 Å². The fourth-order valence-corrected chi connectivity index (χ4v) is 9.10. The number of nitrogens with one attached hydrogen (secondary N) is 1. The maximum Gasteiger partial charge on any atom is 0.306 e. The molecule has 0 rings (SSSR count). The molecular weight excluding hydrogens is 976 g/mol. The second-order valence-corrected chi connectivity index (χ2v) is 23.2. The molecule has 0 fully saturated rings. The lowest BCUT2D eigenvalue weighted by Crippen LogP contribution is -2.47. The van der Waals surface area contributed by atoms with E-state index < -0.39 is 26.6 Å². The Bertz CT molecular complexity index is 1690. The normalized spacial score (nSPS) is 14.4. The van der Waals surface area contributed by atoms with Crippen LogP contribution in [0.2, 0.25) is 0 Å². The molecule has 0 aliphatic rings. The van der Waals surface area contributed by atoms with Gasteiger partial charge in [0, 0.05) is 12.8 Å². The number of nitrogens with zero attached hydrogens (tertiary/aromatic N) is 1. The predicted octanol–water partition coefficient (Wildman–Crippen LogP) is 18.7. The Kier molecular flexibility index (Phi) is 53.5. The summed E-state index contributed by atoms with van der Waals surface area (Å²) in [6, 6.07) is -0.916. The summed E-state index contributed by atoms with van der Waals surface area (Å²) in [4.78, 5) is 40.0. The van der Waals surface area contributed by atoms with E-state index in [0.717, 1.165) is 109 Å². The highest BCUT2D eigenvalue weighted by Crippen LogP contribution is 2.38. The Hall–Kier alpha value is -3.33. The Balaban J connectivity index is 5.29. The molecule has 3 atom stereocenters. The number of hydrogen-bond donors (Lipinski definition) is 1. The van der Waals surface area contributed by atoms with Crippen molar-refractivity contribution in [3.8, 4) is 0 Å². The highest BCUT2D eigenvalue weighted by atomic mass is 31.2. The van der Waals surface area contributed by atoms with E-state index in [1.54, 1.807) is 0 Å². The number of likely N-dealkylation sites (N-methyl/N-ethyl adjacent to an activating group) is 1. The first kappa shape index (κ1) is 73.7. The fraction of sp³-hybridized carbons (Fsp3) is 0.701. The van der Waals surface area contributed by atoms with Gasteiger partial charge in [-0.3, -0.25) is 14.2 Å². The average molecular weight is 1090 g/mol. The van der Waals surface area contributed by atoms with Gasteiger partial charge in [-0.25, -0.2) is 0 Å². The van der Waals surface area contributed by atoms with Crippen molar-refractivity contribution in [2.24, 2.45) is 0 Å². The number of carbonyl (C=O) groups excluding carboxylic acids is 2. The van der Waals surface area contributed by atoms with Crippen molar-refractivity contribution in [2.45, 2.75) is 264 Å². The van der Waals surface area contributed by atoms with Crippen molar-refractivity contribution in [1.82, 2.24) is 5.32 Å². The molecule has 0 spiro atoms. The smallest absolute Gasteiger partial charge is 0.306 e. The van der Waals surface area contributed by atoms with E-state index in [1.807, 2.05) is 33.3 Å². The largest absolute Gasteiger partial charge is 0.756 e. The summed E-state index contributed by atoms with van der Waals surface area (Å²) >= 11 is 0. The lowest BCUT2D eigenvalue weighted by atomic mass is 10.1. The Morgan fingerprint density at radius 3 is 1.29 bits per heavy atom. The maximum atomic E-state index is 13.5. The Labute approximate surface area is 474 Å². The minimum Gasteiger partial charge on any atom is -0.756 e. The van der Waals surface area contributed by atoms with Gasteiger partial charge in [0.15, 0.2) is 0 Å². The van der Waals surface area contributed by atoms with Gasteiger partial charge in [0.05, 0.1) is 33.8 Å². The van der Waals surface area contributed by atoms with Crippen LogP contribution in [0.1, 0.15) is 252 Å². The number of hydrogen-bond acceptors (Lipinski definition) is 7. The van der Waals surface area contributed by atoms with Gasteiger partial charge in [0.2, 0.25) is 5.91 Å². The quantitative estimate of drug-likeness (QED) is 0.0212. The predicted molar refractivity (Wildman–Crippen MR) is 330 cm³/mol. The molecule has 0 saturated carbocycles. The lowest BCUT2D eigenvalue weighted by Gasteiger charge is -2.30. The average Bonchev–Trinajstić information content (AvgIpc) is 3.39. The number of phosphoric acid groups is 1. The SMILES string of the molecule is CC/C=C\C/C=C\C/C=C\C/C=C\C/C=C\CCCCCC(=O)NC(COP(=O)([O-])OCC[N+](C)(C)C)C(/C=C/CCCCCCCCCCC)OC(=O)CCCCCCCCCC/C=C\C/C=C\C/C=C\CCCCC. The molecule has 77 heavy (non-hydrogen) atoms. The van der Waals surface area contributed by atoms with E-state index in [-0.39, 0.29) is 31.3 Å². The van der Waals surface area contributed by atoms with Crippen molar-refractivity contribution in [2.75, 3.05) is 40.9 Å². The monoisotopic (exact) mass is 1090 g/mol. The zero-order valence-corrected chi connectivity index (χ0v) is 51.3. The first-order valence-corrected chi connectivity index (χ1v) is 32.7. The number of amides is 1. The first-order chi connectivity index (χ1) is 37.4. The lowest BCUT2D eigenvalue weighted by molar-refractivity contribution is -0.870. The number of ether oxygens (including phenoxy) is 1. The van der Waals surface area contributed by atoms with Crippen LogP contribution in [0, 0.1) is 0 Å². The molecule has 0 aromatic carbocycles. The highest BCUT2D eigenvalue weighted by Gasteiger charge is 2.27. The first-order valence-electron chi connectivity index (χ1n) is 31.2. The third kappa shape index (κ3) is 57.2. The zero-order chi connectivity index (χ0) is 56.4. The summed E-state index contributed by atoms with van der Waals surface area (Å²) in [6.07, 6.45) is 76.3. The van der Waals surface area contributed by atoms with E-state index in [4.69, 9.17) is 13.8 Å². The van der Waals surface area contributed by atoms with Crippen LogP contribution >= 0.6 is 7.82 Å². The van der Waals surface area contributed by atoms with Crippen molar-refractivity contribution in [3.63, 3.8) is 0 Å². The van der Waals surface area contributed by atoms with Gasteiger partial charge in [0.1, 0.15) is 19.3 Å². The molecule has 9 nitrogen and oxygen atoms in total. The van der Waals surface area contributed by atoms with Crippen molar-refractivity contribution in [3.05, 3.63) is 109 Å². The van der Waals surface area contributed by atoms with Gasteiger partial charge >= 0.3 is 5.97 Å². The van der Waals surface area contributed by atoms with Gasteiger partial charge < -0.3 is 28.5 Å². The van der Waals surface area contributed by atoms with Crippen LogP contribution in [0.5, 0.6) is 0 Å². The molecule has 10 heteroatoms.